The molecule has 0 radical (unpaired) electrons. The summed E-state index contributed by atoms with van der Waals surface area (Å²) in [6, 6.07) is 22.4. The standard InChI is InChI=1S/C22H26Si/c1-16-17(2)19(4)22(18(16)3)23(5,20-12-8-6-9-13-20)21-14-10-7-11-15-21/h6-15,22H,1-5H3. The minimum Gasteiger partial charge on any atom is -0.0650 e. The Morgan fingerprint density at radius 1 is 0.609 bits per heavy atom. The van der Waals surface area contributed by atoms with Crippen LogP contribution in [0.25, 0.3) is 0 Å². The molecule has 0 amide bonds. The quantitative estimate of drug-likeness (QED) is 0.704. The summed E-state index contributed by atoms with van der Waals surface area (Å²) < 4.78 is 0. The van der Waals surface area contributed by atoms with Crippen LogP contribution in [0.15, 0.2) is 83.0 Å². The molecule has 1 aliphatic rings. The Morgan fingerprint density at radius 3 is 1.30 bits per heavy atom. The van der Waals surface area contributed by atoms with E-state index in [2.05, 4.69) is 94.9 Å². The van der Waals surface area contributed by atoms with E-state index in [0.29, 0.717) is 5.54 Å². The molecule has 0 fully saturated rings. The molecule has 0 unspecified atom stereocenters. The molecule has 0 aromatic heterocycles. The van der Waals surface area contributed by atoms with Crippen molar-refractivity contribution in [2.24, 2.45) is 0 Å². The van der Waals surface area contributed by atoms with E-state index in [-0.39, 0.29) is 0 Å². The van der Waals surface area contributed by atoms with E-state index >= 15 is 0 Å². The number of benzene rings is 2. The van der Waals surface area contributed by atoms with Crippen molar-refractivity contribution in [3.63, 3.8) is 0 Å². The predicted molar refractivity (Wildman–Crippen MR) is 104 cm³/mol. The second-order valence-corrected chi connectivity index (χ2v) is 11.1. The first kappa shape index (κ1) is 16.0. The van der Waals surface area contributed by atoms with Gasteiger partial charge < -0.3 is 0 Å². The second-order valence-electron chi connectivity index (χ2n) is 6.98. The van der Waals surface area contributed by atoms with Crippen LogP contribution in [0, 0.1) is 0 Å². The summed E-state index contributed by atoms with van der Waals surface area (Å²) in [6.07, 6.45) is 0. The van der Waals surface area contributed by atoms with Gasteiger partial charge in [0, 0.05) is 5.54 Å². The van der Waals surface area contributed by atoms with Crippen molar-refractivity contribution in [1.82, 2.24) is 0 Å². The Balaban J connectivity index is 2.27. The lowest BCUT2D eigenvalue weighted by Gasteiger charge is -2.37. The van der Waals surface area contributed by atoms with Gasteiger partial charge in [-0.25, -0.2) is 0 Å². The molecule has 0 spiro atoms. The average molecular weight is 319 g/mol. The number of hydrogen-bond acceptors (Lipinski definition) is 0. The highest BCUT2D eigenvalue weighted by Gasteiger charge is 2.44. The summed E-state index contributed by atoms with van der Waals surface area (Å²) in [4.78, 5) is 0. The molecule has 0 nitrogen and oxygen atoms in total. The molecule has 0 saturated carbocycles. The Labute approximate surface area is 141 Å². The maximum absolute atomic E-state index is 2.54. The van der Waals surface area contributed by atoms with Crippen LogP contribution < -0.4 is 10.4 Å². The maximum Gasteiger partial charge on any atom is 0.126 e. The molecule has 1 aliphatic carbocycles. The first-order valence-corrected chi connectivity index (χ1v) is 11.0. The van der Waals surface area contributed by atoms with Gasteiger partial charge in [-0.15, -0.1) is 0 Å². The van der Waals surface area contributed by atoms with Gasteiger partial charge in [0.05, 0.1) is 0 Å². The third-order valence-electron chi connectivity index (χ3n) is 5.94. The van der Waals surface area contributed by atoms with Crippen molar-refractivity contribution in [1.29, 1.82) is 0 Å². The normalized spacial score (nSPS) is 16.4. The van der Waals surface area contributed by atoms with E-state index in [4.69, 9.17) is 0 Å². The summed E-state index contributed by atoms with van der Waals surface area (Å²) in [5, 5.41) is 3.05. The van der Waals surface area contributed by atoms with E-state index in [1.165, 1.54) is 21.5 Å². The van der Waals surface area contributed by atoms with Gasteiger partial charge in [-0.05, 0) is 38.8 Å². The molecule has 0 heterocycles. The fourth-order valence-corrected chi connectivity index (χ4v) is 9.22. The fourth-order valence-electron chi connectivity index (χ4n) is 4.28. The third-order valence-corrected chi connectivity index (χ3v) is 11.0. The highest BCUT2D eigenvalue weighted by Crippen LogP contribution is 2.46. The molecule has 118 valence electrons. The molecule has 23 heavy (non-hydrogen) atoms. The van der Waals surface area contributed by atoms with Crippen molar-refractivity contribution >= 4 is 18.4 Å². The van der Waals surface area contributed by atoms with E-state index in [9.17, 15) is 0 Å². The maximum atomic E-state index is 2.54. The van der Waals surface area contributed by atoms with Crippen LogP contribution >= 0.6 is 0 Å². The van der Waals surface area contributed by atoms with Crippen molar-refractivity contribution in [2.75, 3.05) is 0 Å². The Bertz CT molecular complexity index is 703. The van der Waals surface area contributed by atoms with Gasteiger partial charge in [-0.1, -0.05) is 88.7 Å². The van der Waals surface area contributed by atoms with Gasteiger partial charge >= 0.3 is 0 Å². The minimum absolute atomic E-state index is 0.562. The van der Waals surface area contributed by atoms with Crippen LogP contribution in [0.5, 0.6) is 0 Å². The number of hydrogen-bond donors (Lipinski definition) is 0. The molecule has 0 bridgehead atoms. The van der Waals surface area contributed by atoms with Crippen molar-refractivity contribution in [3.8, 4) is 0 Å². The van der Waals surface area contributed by atoms with Crippen molar-refractivity contribution in [2.45, 2.75) is 39.8 Å². The SMILES string of the molecule is CC1=C(C)C([Si](C)(c2ccccc2)c2ccccc2)C(C)=C1C. The first-order chi connectivity index (χ1) is 11.0. The lowest BCUT2D eigenvalue weighted by Crippen LogP contribution is -2.59. The molecule has 0 N–H and O–H groups in total. The molecule has 1 heteroatoms. The lowest BCUT2D eigenvalue weighted by atomic mass is 10.1. The number of rotatable bonds is 3. The van der Waals surface area contributed by atoms with Crippen LogP contribution in [0.3, 0.4) is 0 Å². The molecule has 2 aromatic carbocycles. The topological polar surface area (TPSA) is 0 Å². The van der Waals surface area contributed by atoms with Crippen molar-refractivity contribution in [3.05, 3.63) is 83.0 Å². The van der Waals surface area contributed by atoms with Crippen LogP contribution in [0.4, 0.5) is 0 Å². The van der Waals surface area contributed by atoms with Crippen LogP contribution in [-0.2, 0) is 0 Å². The van der Waals surface area contributed by atoms with E-state index in [1.54, 1.807) is 11.1 Å². The van der Waals surface area contributed by atoms with Gasteiger partial charge in [0.1, 0.15) is 8.07 Å². The van der Waals surface area contributed by atoms with Crippen molar-refractivity contribution < 1.29 is 0 Å². The number of allylic oxidation sites excluding steroid dienone is 4. The first-order valence-electron chi connectivity index (χ1n) is 8.44. The van der Waals surface area contributed by atoms with Crippen LogP contribution in [0.1, 0.15) is 27.7 Å². The largest absolute Gasteiger partial charge is 0.126 e. The van der Waals surface area contributed by atoms with Crippen LogP contribution in [-0.4, -0.2) is 8.07 Å². The zero-order valence-electron chi connectivity index (χ0n) is 14.9. The summed E-state index contributed by atoms with van der Waals surface area (Å²) >= 11 is 0. The highest BCUT2D eigenvalue weighted by molar-refractivity contribution is 7.03. The minimum atomic E-state index is -1.89. The summed E-state index contributed by atoms with van der Waals surface area (Å²) in [7, 11) is -1.89. The zero-order chi connectivity index (χ0) is 16.6. The third kappa shape index (κ3) is 2.44. The predicted octanol–water partition coefficient (Wildman–Crippen LogP) is 4.94. The zero-order valence-corrected chi connectivity index (χ0v) is 15.9. The van der Waals surface area contributed by atoms with Gasteiger partial charge in [-0.2, -0.15) is 0 Å². The summed E-state index contributed by atoms with van der Waals surface area (Å²) in [5.74, 6) is 0. The monoisotopic (exact) mass is 318 g/mol. The summed E-state index contributed by atoms with van der Waals surface area (Å²) in [6.45, 7) is 11.8. The lowest BCUT2D eigenvalue weighted by molar-refractivity contribution is 1.08. The second kappa shape index (κ2) is 5.97. The van der Waals surface area contributed by atoms with Crippen LogP contribution in [0.2, 0.25) is 12.1 Å². The van der Waals surface area contributed by atoms with Gasteiger partial charge in [-0.3, -0.25) is 0 Å². The van der Waals surface area contributed by atoms with Gasteiger partial charge in [0.15, 0.2) is 0 Å². The smallest absolute Gasteiger partial charge is 0.0650 e. The van der Waals surface area contributed by atoms with E-state index < -0.39 is 8.07 Å². The highest BCUT2D eigenvalue weighted by atomic mass is 28.3. The Morgan fingerprint density at radius 2 is 0.957 bits per heavy atom. The molecular weight excluding hydrogens is 292 g/mol. The molecule has 0 atom stereocenters. The average Bonchev–Trinajstić information content (AvgIpc) is 2.79. The Hall–Kier alpha value is -1.86. The van der Waals surface area contributed by atoms with Gasteiger partial charge in [0.2, 0.25) is 0 Å². The van der Waals surface area contributed by atoms with E-state index in [0.717, 1.165) is 0 Å². The van der Waals surface area contributed by atoms with Gasteiger partial charge in [0.25, 0.3) is 0 Å². The molecule has 2 aromatic rings. The molecule has 0 saturated heterocycles. The van der Waals surface area contributed by atoms with E-state index in [1.807, 2.05) is 0 Å². The summed E-state index contributed by atoms with van der Waals surface area (Å²) in [5.41, 5.74) is 6.70. The molecule has 3 rings (SSSR count). The molecular formula is C22H26Si. The Kier molecular flexibility index (Phi) is 4.16. The fraction of sp³-hybridized carbons (Fsp3) is 0.273. The molecule has 0 aliphatic heterocycles.